The smallest absolute Gasteiger partial charge is 0.117 e. The largest absolute Gasteiger partial charge is 0.508 e. The van der Waals surface area contributed by atoms with Gasteiger partial charge in [-0.1, -0.05) is 17.7 Å². The van der Waals surface area contributed by atoms with Gasteiger partial charge in [-0.05, 0) is 37.0 Å². The van der Waals surface area contributed by atoms with Crippen LogP contribution >= 0.6 is 11.6 Å². The minimum atomic E-state index is -0.245. The number of hydrogen-bond donors (Lipinski definition) is 2. The van der Waals surface area contributed by atoms with Gasteiger partial charge >= 0.3 is 0 Å². The summed E-state index contributed by atoms with van der Waals surface area (Å²) in [5.74, 6) is 0.191. The normalized spacial score (nSPS) is 19.5. The molecule has 0 aliphatic heterocycles. The molecular weight excluding hydrogens is 186 g/mol. The van der Waals surface area contributed by atoms with Crippen LogP contribution in [0.25, 0.3) is 0 Å². The highest BCUT2D eigenvalue weighted by Gasteiger charge is 2.35. The Bertz CT molecular complexity index is 334. The van der Waals surface area contributed by atoms with Crippen molar-refractivity contribution in [2.45, 2.75) is 24.8 Å². The fourth-order valence-electron chi connectivity index (χ4n) is 1.73. The monoisotopic (exact) mass is 197 g/mol. The summed E-state index contributed by atoms with van der Waals surface area (Å²) >= 11 is 5.99. The van der Waals surface area contributed by atoms with Gasteiger partial charge in [-0.15, -0.1) is 0 Å². The third kappa shape index (κ3) is 1.40. The fourth-order valence-corrected chi connectivity index (χ4v) is 2.10. The zero-order chi connectivity index (χ0) is 9.47. The predicted octanol–water partition coefficient (Wildman–Crippen LogP) is 2.38. The van der Waals surface area contributed by atoms with Crippen LogP contribution < -0.4 is 5.73 Å². The van der Waals surface area contributed by atoms with Crippen LogP contribution in [-0.4, -0.2) is 5.11 Å². The second-order valence-corrected chi connectivity index (χ2v) is 4.08. The summed E-state index contributed by atoms with van der Waals surface area (Å²) in [6.45, 7) is 0. The number of halogens is 1. The molecule has 0 heterocycles. The third-order valence-electron chi connectivity index (χ3n) is 2.73. The molecule has 0 radical (unpaired) electrons. The van der Waals surface area contributed by atoms with E-state index in [0.29, 0.717) is 5.02 Å². The number of nitrogens with two attached hydrogens (primary N) is 1. The maximum absolute atomic E-state index is 9.17. The van der Waals surface area contributed by atoms with Crippen molar-refractivity contribution in [2.75, 3.05) is 0 Å². The fraction of sp³-hybridized carbons (Fsp3) is 0.400. The Morgan fingerprint density at radius 3 is 2.54 bits per heavy atom. The van der Waals surface area contributed by atoms with E-state index in [-0.39, 0.29) is 11.3 Å². The predicted molar refractivity (Wildman–Crippen MR) is 52.8 cm³/mol. The number of rotatable bonds is 1. The van der Waals surface area contributed by atoms with Gasteiger partial charge in [0.1, 0.15) is 5.75 Å². The van der Waals surface area contributed by atoms with Crippen molar-refractivity contribution in [1.82, 2.24) is 0 Å². The van der Waals surface area contributed by atoms with Gasteiger partial charge in [0.05, 0.1) is 0 Å². The second kappa shape index (κ2) is 2.89. The highest BCUT2D eigenvalue weighted by Crippen LogP contribution is 2.42. The van der Waals surface area contributed by atoms with E-state index in [1.54, 1.807) is 12.1 Å². The van der Waals surface area contributed by atoms with Crippen LogP contribution in [0.1, 0.15) is 24.8 Å². The van der Waals surface area contributed by atoms with Gasteiger partial charge in [0.25, 0.3) is 0 Å². The maximum Gasteiger partial charge on any atom is 0.117 e. The van der Waals surface area contributed by atoms with E-state index < -0.39 is 0 Å². The highest BCUT2D eigenvalue weighted by molar-refractivity contribution is 6.31. The van der Waals surface area contributed by atoms with E-state index in [4.69, 9.17) is 22.4 Å². The summed E-state index contributed by atoms with van der Waals surface area (Å²) in [6, 6.07) is 4.99. The molecule has 1 saturated carbocycles. The molecule has 0 bridgehead atoms. The van der Waals surface area contributed by atoms with Crippen molar-refractivity contribution in [2.24, 2.45) is 5.73 Å². The summed E-state index contributed by atoms with van der Waals surface area (Å²) in [6.07, 6.45) is 3.13. The van der Waals surface area contributed by atoms with Crippen LogP contribution in [-0.2, 0) is 5.54 Å². The molecule has 70 valence electrons. The lowest BCUT2D eigenvalue weighted by atomic mass is 9.73. The molecule has 0 aromatic heterocycles. The Morgan fingerprint density at radius 2 is 2.08 bits per heavy atom. The molecule has 1 aromatic carbocycles. The first-order valence-corrected chi connectivity index (χ1v) is 4.77. The van der Waals surface area contributed by atoms with E-state index in [1.165, 1.54) is 0 Å². The quantitative estimate of drug-likeness (QED) is 0.726. The lowest BCUT2D eigenvalue weighted by Gasteiger charge is -2.39. The van der Waals surface area contributed by atoms with Gasteiger partial charge in [-0.2, -0.15) is 0 Å². The summed E-state index contributed by atoms with van der Waals surface area (Å²) in [5.41, 5.74) is 6.82. The lowest BCUT2D eigenvalue weighted by Crippen LogP contribution is -2.43. The van der Waals surface area contributed by atoms with Crippen molar-refractivity contribution in [3.8, 4) is 5.75 Å². The molecule has 2 rings (SSSR count). The number of hydrogen-bond acceptors (Lipinski definition) is 2. The van der Waals surface area contributed by atoms with Crippen LogP contribution in [0.2, 0.25) is 5.02 Å². The topological polar surface area (TPSA) is 46.2 Å². The molecule has 3 N–H and O–H groups in total. The van der Waals surface area contributed by atoms with Crippen molar-refractivity contribution in [3.63, 3.8) is 0 Å². The Balaban J connectivity index is 2.40. The maximum atomic E-state index is 9.17. The number of aromatic hydroxyl groups is 1. The van der Waals surface area contributed by atoms with E-state index in [0.717, 1.165) is 24.8 Å². The molecule has 0 unspecified atom stereocenters. The SMILES string of the molecule is NC1(c2ccc(O)cc2Cl)CCC1. The summed E-state index contributed by atoms with van der Waals surface area (Å²) in [5, 5.41) is 9.74. The number of benzene rings is 1. The molecule has 1 aromatic rings. The van der Waals surface area contributed by atoms with E-state index in [2.05, 4.69) is 0 Å². The standard InChI is InChI=1S/C10H12ClNO/c11-9-6-7(13)2-3-8(9)10(12)4-1-5-10/h2-3,6,13H,1,4-5,12H2. The van der Waals surface area contributed by atoms with Crippen LogP contribution in [0, 0.1) is 0 Å². The molecule has 0 atom stereocenters. The molecule has 1 fully saturated rings. The van der Waals surface area contributed by atoms with Crippen LogP contribution in [0.5, 0.6) is 5.75 Å². The summed E-state index contributed by atoms with van der Waals surface area (Å²) < 4.78 is 0. The number of phenolic OH excluding ortho intramolecular Hbond substituents is 1. The van der Waals surface area contributed by atoms with Crippen LogP contribution in [0.15, 0.2) is 18.2 Å². The van der Waals surface area contributed by atoms with Crippen molar-refractivity contribution in [3.05, 3.63) is 28.8 Å². The zero-order valence-electron chi connectivity index (χ0n) is 7.26. The molecule has 0 saturated heterocycles. The number of phenols is 1. The Hall–Kier alpha value is -0.730. The molecule has 1 aliphatic rings. The first-order chi connectivity index (χ1) is 6.12. The zero-order valence-corrected chi connectivity index (χ0v) is 8.01. The Labute approximate surface area is 82.3 Å². The van der Waals surface area contributed by atoms with Gasteiger partial charge in [0.15, 0.2) is 0 Å². The molecule has 13 heavy (non-hydrogen) atoms. The molecule has 3 heteroatoms. The van der Waals surface area contributed by atoms with Gasteiger partial charge in [-0.3, -0.25) is 0 Å². The van der Waals surface area contributed by atoms with E-state index in [1.807, 2.05) is 6.07 Å². The Morgan fingerprint density at radius 1 is 1.38 bits per heavy atom. The summed E-state index contributed by atoms with van der Waals surface area (Å²) in [7, 11) is 0. The second-order valence-electron chi connectivity index (χ2n) is 3.67. The average Bonchev–Trinajstić information content (AvgIpc) is 2.00. The molecule has 1 aliphatic carbocycles. The summed E-state index contributed by atoms with van der Waals surface area (Å²) in [4.78, 5) is 0. The minimum absolute atomic E-state index is 0.191. The minimum Gasteiger partial charge on any atom is -0.508 e. The first kappa shape index (κ1) is 8.85. The molecule has 0 spiro atoms. The van der Waals surface area contributed by atoms with Crippen molar-refractivity contribution in [1.29, 1.82) is 0 Å². The van der Waals surface area contributed by atoms with Gasteiger partial charge in [0.2, 0.25) is 0 Å². The van der Waals surface area contributed by atoms with Gasteiger partial charge in [0, 0.05) is 10.6 Å². The van der Waals surface area contributed by atoms with Crippen molar-refractivity contribution < 1.29 is 5.11 Å². The molecule has 0 amide bonds. The first-order valence-electron chi connectivity index (χ1n) is 4.40. The third-order valence-corrected chi connectivity index (χ3v) is 3.05. The van der Waals surface area contributed by atoms with Crippen molar-refractivity contribution >= 4 is 11.6 Å². The van der Waals surface area contributed by atoms with Gasteiger partial charge < -0.3 is 10.8 Å². The van der Waals surface area contributed by atoms with Crippen LogP contribution in [0.4, 0.5) is 0 Å². The average molecular weight is 198 g/mol. The molecular formula is C10H12ClNO. The van der Waals surface area contributed by atoms with E-state index >= 15 is 0 Å². The Kier molecular flexibility index (Phi) is 1.97. The van der Waals surface area contributed by atoms with Crippen LogP contribution in [0.3, 0.4) is 0 Å². The lowest BCUT2D eigenvalue weighted by molar-refractivity contribution is 0.253. The van der Waals surface area contributed by atoms with Gasteiger partial charge in [-0.25, -0.2) is 0 Å². The molecule has 2 nitrogen and oxygen atoms in total. The highest BCUT2D eigenvalue weighted by atomic mass is 35.5. The van der Waals surface area contributed by atoms with E-state index in [9.17, 15) is 0 Å².